The Morgan fingerprint density at radius 1 is 0.259 bits per heavy atom. The molecule has 0 amide bonds. The van der Waals surface area contributed by atoms with E-state index in [0.29, 0.717) is 19.3 Å². The Labute approximate surface area is 505 Å². The second kappa shape index (κ2) is 69.9. The van der Waals surface area contributed by atoms with Crippen LogP contribution >= 0.6 is 0 Å². The van der Waals surface area contributed by atoms with E-state index in [1.54, 1.807) is 0 Å². The van der Waals surface area contributed by atoms with Gasteiger partial charge in [0.2, 0.25) is 0 Å². The molecule has 474 valence electrons. The summed E-state index contributed by atoms with van der Waals surface area (Å²) in [6, 6.07) is 0. The third-order valence-corrected chi connectivity index (χ3v) is 16.3. The van der Waals surface area contributed by atoms with Crippen LogP contribution in [-0.4, -0.2) is 37.2 Å². The Bertz CT molecular complexity index is 1400. The van der Waals surface area contributed by atoms with Gasteiger partial charge in [0.15, 0.2) is 6.10 Å². The van der Waals surface area contributed by atoms with Gasteiger partial charge in [0.1, 0.15) is 13.2 Å². The van der Waals surface area contributed by atoms with Crippen molar-refractivity contribution >= 4 is 17.9 Å². The van der Waals surface area contributed by atoms with Crippen molar-refractivity contribution in [3.8, 4) is 0 Å². The number of rotatable bonds is 67. The van der Waals surface area contributed by atoms with E-state index in [4.69, 9.17) is 14.2 Å². The van der Waals surface area contributed by atoms with Crippen LogP contribution in [0.3, 0.4) is 0 Å². The van der Waals surface area contributed by atoms with E-state index >= 15 is 0 Å². The summed E-state index contributed by atoms with van der Waals surface area (Å²) >= 11 is 0. The first-order valence-corrected chi connectivity index (χ1v) is 36.1. The van der Waals surface area contributed by atoms with Crippen molar-refractivity contribution in [2.24, 2.45) is 0 Å². The minimum absolute atomic E-state index is 0.0645. The molecule has 0 saturated heterocycles. The summed E-state index contributed by atoms with van der Waals surface area (Å²) in [5.41, 5.74) is 0. The maximum atomic E-state index is 12.9. The maximum Gasteiger partial charge on any atom is 0.306 e. The summed E-state index contributed by atoms with van der Waals surface area (Å²) < 4.78 is 17.0. The highest BCUT2D eigenvalue weighted by Gasteiger charge is 2.19. The van der Waals surface area contributed by atoms with Crippen LogP contribution in [0.2, 0.25) is 0 Å². The highest BCUT2D eigenvalue weighted by atomic mass is 16.6. The van der Waals surface area contributed by atoms with Crippen molar-refractivity contribution in [2.75, 3.05) is 13.2 Å². The molecule has 1 atom stereocenters. The van der Waals surface area contributed by atoms with Crippen molar-refractivity contribution in [3.05, 3.63) is 48.6 Å². The zero-order chi connectivity index (χ0) is 58.5. The molecule has 6 heteroatoms. The van der Waals surface area contributed by atoms with E-state index in [1.807, 2.05) is 0 Å². The maximum absolute atomic E-state index is 12.9. The number of unbranched alkanes of at least 4 members (excludes halogenated alkanes) is 48. The molecule has 0 aliphatic carbocycles. The highest BCUT2D eigenvalue weighted by Crippen LogP contribution is 2.19. The van der Waals surface area contributed by atoms with E-state index in [9.17, 15) is 14.4 Å². The van der Waals surface area contributed by atoms with Crippen LogP contribution in [0.15, 0.2) is 48.6 Å². The molecule has 0 fully saturated rings. The molecule has 0 aromatic carbocycles. The number of hydrogen-bond acceptors (Lipinski definition) is 6. The summed E-state index contributed by atoms with van der Waals surface area (Å²) in [6.45, 7) is 6.59. The monoisotopic (exact) mass is 1140 g/mol. The molecule has 1 unspecified atom stereocenters. The van der Waals surface area contributed by atoms with Gasteiger partial charge >= 0.3 is 17.9 Å². The molecule has 81 heavy (non-hydrogen) atoms. The lowest BCUT2D eigenvalue weighted by atomic mass is 10.0. The fourth-order valence-corrected chi connectivity index (χ4v) is 11.0. The molecular weight excluding hydrogens is 997 g/mol. The van der Waals surface area contributed by atoms with Gasteiger partial charge in [-0.05, 0) is 57.8 Å². The number of carbonyl (C=O) groups is 3. The number of hydrogen-bond donors (Lipinski definition) is 0. The van der Waals surface area contributed by atoms with Crippen molar-refractivity contribution in [1.29, 1.82) is 0 Å². The number of carbonyl (C=O) groups excluding carboxylic acids is 3. The van der Waals surface area contributed by atoms with Crippen LogP contribution in [0.1, 0.15) is 393 Å². The Kier molecular flexibility index (Phi) is 67.6. The minimum atomic E-state index is -0.767. The molecule has 0 rings (SSSR count). The second-order valence-corrected chi connectivity index (χ2v) is 24.5. The first kappa shape index (κ1) is 78.4. The molecule has 0 N–H and O–H groups in total. The lowest BCUT2D eigenvalue weighted by Gasteiger charge is -2.18. The van der Waals surface area contributed by atoms with Gasteiger partial charge in [-0.1, -0.05) is 365 Å². The van der Waals surface area contributed by atoms with Crippen LogP contribution in [0.4, 0.5) is 0 Å². The predicted molar refractivity (Wildman–Crippen MR) is 353 cm³/mol. The summed E-state index contributed by atoms with van der Waals surface area (Å²) in [6.07, 6.45) is 88.7. The molecule has 0 heterocycles. The highest BCUT2D eigenvalue weighted by molar-refractivity contribution is 5.71. The quantitative estimate of drug-likeness (QED) is 0.0261. The number of allylic oxidation sites excluding steroid dienone is 8. The zero-order valence-electron chi connectivity index (χ0n) is 54.6. The Morgan fingerprint density at radius 2 is 0.481 bits per heavy atom. The first-order valence-electron chi connectivity index (χ1n) is 36.1. The largest absolute Gasteiger partial charge is 0.462 e. The van der Waals surface area contributed by atoms with E-state index < -0.39 is 6.10 Å². The van der Waals surface area contributed by atoms with Crippen molar-refractivity contribution in [3.63, 3.8) is 0 Å². The zero-order valence-corrected chi connectivity index (χ0v) is 54.6. The Morgan fingerprint density at radius 3 is 0.753 bits per heavy atom. The van der Waals surface area contributed by atoms with Gasteiger partial charge in [-0.2, -0.15) is 0 Å². The molecule has 0 aromatic rings. The molecule has 0 aliphatic heterocycles. The lowest BCUT2D eigenvalue weighted by molar-refractivity contribution is -0.167. The van der Waals surface area contributed by atoms with Crippen molar-refractivity contribution in [1.82, 2.24) is 0 Å². The van der Waals surface area contributed by atoms with Crippen LogP contribution in [0.25, 0.3) is 0 Å². The van der Waals surface area contributed by atoms with Crippen LogP contribution in [0, 0.1) is 0 Å². The molecule has 0 aromatic heterocycles. The van der Waals surface area contributed by atoms with E-state index in [2.05, 4.69) is 69.4 Å². The summed E-state index contributed by atoms with van der Waals surface area (Å²) in [7, 11) is 0. The first-order chi connectivity index (χ1) is 40.0. The molecule has 0 aliphatic rings. The summed E-state index contributed by atoms with van der Waals surface area (Å²) in [5, 5.41) is 0. The van der Waals surface area contributed by atoms with E-state index in [-0.39, 0.29) is 31.1 Å². The Balaban J connectivity index is 4.08. The predicted octanol–water partition coefficient (Wildman–Crippen LogP) is 24.9. The van der Waals surface area contributed by atoms with Crippen LogP contribution in [0.5, 0.6) is 0 Å². The standard InChI is InChI=1S/C75H138O6/c1-4-7-10-13-16-19-22-24-26-28-30-31-32-33-34-35-36-37-38-39-40-41-42-43-45-46-48-50-53-56-59-62-65-68-74(77)80-71-72(70-79-73(76)67-64-61-58-55-52-21-18-15-12-9-6-3)81-75(78)69-66-63-60-57-54-51-49-47-44-29-27-25-23-20-17-14-11-8-5-2/h7,10,16,19,24,26,30-31,72H,4-6,8-9,11-15,17-18,20-23,25,27-29,32-71H2,1-3H3/b10-7-,19-16-,26-24-,31-30-. The third kappa shape index (κ3) is 68.0. The number of ether oxygens (including phenoxy) is 3. The van der Waals surface area contributed by atoms with Crippen molar-refractivity contribution in [2.45, 2.75) is 399 Å². The van der Waals surface area contributed by atoms with E-state index in [0.717, 1.165) is 83.5 Å². The Hall–Kier alpha value is -2.63. The SMILES string of the molecule is CC/C=C\C/C=C\C/C=C\C/C=C\CCCCCCCCCCCCCCCCCCCCCCC(=O)OCC(COC(=O)CCCCCCCCCCCCC)OC(=O)CCCCCCCCCCCCCCCCCCCCC. The molecule has 0 radical (unpaired) electrons. The third-order valence-electron chi connectivity index (χ3n) is 16.3. The number of esters is 3. The summed E-state index contributed by atoms with van der Waals surface area (Å²) in [4.78, 5) is 38.4. The van der Waals surface area contributed by atoms with Crippen LogP contribution in [-0.2, 0) is 28.6 Å². The summed E-state index contributed by atoms with van der Waals surface area (Å²) in [5.74, 6) is -0.834. The van der Waals surface area contributed by atoms with Crippen LogP contribution < -0.4 is 0 Å². The molecule has 6 nitrogen and oxygen atoms in total. The molecular formula is C75H138O6. The smallest absolute Gasteiger partial charge is 0.306 e. The van der Waals surface area contributed by atoms with E-state index in [1.165, 1.54) is 270 Å². The topological polar surface area (TPSA) is 78.9 Å². The molecule has 0 spiro atoms. The average molecular weight is 1140 g/mol. The average Bonchev–Trinajstić information content (AvgIpc) is 3.47. The van der Waals surface area contributed by atoms with Crippen molar-refractivity contribution < 1.29 is 28.6 Å². The second-order valence-electron chi connectivity index (χ2n) is 24.5. The fraction of sp³-hybridized carbons (Fsp3) is 0.853. The lowest BCUT2D eigenvalue weighted by Crippen LogP contribution is -2.30. The van der Waals surface area contributed by atoms with Gasteiger partial charge in [0.25, 0.3) is 0 Å². The molecule has 0 bridgehead atoms. The fourth-order valence-electron chi connectivity index (χ4n) is 11.0. The van der Waals surface area contributed by atoms with Gasteiger partial charge in [-0.25, -0.2) is 0 Å². The van der Waals surface area contributed by atoms with Gasteiger partial charge in [0, 0.05) is 19.3 Å². The van der Waals surface area contributed by atoms with Gasteiger partial charge in [-0.15, -0.1) is 0 Å². The minimum Gasteiger partial charge on any atom is -0.462 e. The van der Waals surface area contributed by atoms with Gasteiger partial charge in [0.05, 0.1) is 0 Å². The van der Waals surface area contributed by atoms with Gasteiger partial charge < -0.3 is 14.2 Å². The van der Waals surface area contributed by atoms with Gasteiger partial charge in [-0.3, -0.25) is 14.4 Å². The molecule has 0 saturated carbocycles. The normalized spacial score (nSPS) is 12.3.